The molecule has 8 amide bonds. The van der Waals surface area contributed by atoms with E-state index in [-0.39, 0.29) is 71.7 Å². The zero-order valence-electron chi connectivity index (χ0n) is 51.1. The van der Waals surface area contributed by atoms with Gasteiger partial charge in [0.25, 0.3) is 0 Å². The number of rotatable bonds is 23. The van der Waals surface area contributed by atoms with Crippen molar-refractivity contribution in [1.82, 2.24) is 51.5 Å². The first kappa shape index (κ1) is 63.2. The van der Waals surface area contributed by atoms with Gasteiger partial charge >= 0.3 is 12.1 Å². The van der Waals surface area contributed by atoms with E-state index in [1.807, 2.05) is 50.8 Å². The Hall–Kier alpha value is -4.86. The molecule has 4 saturated heterocycles. The van der Waals surface area contributed by atoms with E-state index >= 15 is 0 Å². The zero-order valence-corrected chi connectivity index (χ0v) is 51.9. The number of piperidine rings is 4. The first-order chi connectivity index (χ1) is 41.2. The lowest BCUT2D eigenvalue weighted by Crippen LogP contribution is -2.61. The number of fused-ring (bicyclic) bond motifs is 1. The van der Waals surface area contributed by atoms with E-state index in [0.29, 0.717) is 96.0 Å². The molecule has 85 heavy (non-hydrogen) atoms. The lowest BCUT2D eigenvalue weighted by Gasteiger charge is -2.43. The molecule has 5 heterocycles. The fourth-order valence-electron chi connectivity index (χ4n) is 16.0. The van der Waals surface area contributed by atoms with Crippen molar-refractivity contribution in [3.8, 4) is 0 Å². The van der Waals surface area contributed by atoms with Crippen LogP contribution in [0.2, 0.25) is 0 Å². The van der Waals surface area contributed by atoms with Crippen LogP contribution >= 0.6 is 11.3 Å². The Morgan fingerprint density at radius 2 is 1.11 bits per heavy atom. The maximum Gasteiger partial charge on any atom is 0.317 e. The highest BCUT2D eigenvalue weighted by Gasteiger charge is 2.67. The number of amides is 8. The Morgan fingerprint density at radius 3 is 1.64 bits per heavy atom. The summed E-state index contributed by atoms with van der Waals surface area (Å²) in [4.78, 5) is 94.9. The number of nitrogens with one attached hydrogen (secondary N) is 6. The van der Waals surface area contributed by atoms with Gasteiger partial charge in [-0.3, -0.25) is 19.2 Å². The van der Waals surface area contributed by atoms with Crippen LogP contribution < -0.4 is 49.1 Å². The predicted molar refractivity (Wildman–Crippen MR) is 333 cm³/mol. The number of nitrogens with zero attached hydrogens (tertiary/aromatic N) is 4. The largest absolute Gasteiger partial charge is 0.352 e. The Kier molecular flexibility index (Phi) is 21.5. The number of carbonyl (C=O) groups is 6. The average Bonchev–Trinajstić information content (AvgIpc) is 1.64. The SMILES string of the molecule is Cc1csc(CNC(=O)[C@H]2CN(C(=O)[C@@H](CCCCN)NC3CCCCC3)CC[C@H]2NC(=O)N2CCC3(CC2)CC32CCCC(N[C@H](CCCCN)C(=O)N3CC[C@@H](NC(=O)N4CCC5(CC4)CC5)[C@@H](C(=O)NCc4ccc(CN)cc4)C3)C2)c1. The van der Waals surface area contributed by atoms with E-state index in [2.05, 4.69) is 43.3 Å². The Morgan fingerprint density at radius 1 is 0.576 bits per heavy atom. The second-order valence-electron chi connectivity index (χ2n) is 27.4. The number of urea groups is 2. The van der Waals surface area contributed by atoms with Gasteiger partial charge in [-0.25, -0.2) is 9.59 Å². The maximum atomic E-state index is 15.0. The van der Waals surface area contributed by atoms with Crippen molar-refractivity contribution < 1.29 is 28.8 Å². The molecule has 10 rings (SSSR count). The molecule has 470 valence electrons. The van der Waals surface area contributed by atoms with Crippen molar-refractivity contribution in [3.63, 3.8) is 0 Å². The van der Waals surface area contributed by atoms with Crippen LogP contribution in [-0.2, 0) is 38.8 Å². The summed E-state index contributed by atoms with van der Waals surface area (Å²) < 4.78 is 0. The van der Waals surface area contributed by atoms with Gasteiger partial charge in [0.1, 0.15) is 0 Å². The van der Waals surface area contributed by atoms with Crippen LogP contribution in [0.4, 0.5) is 9.59 Å². The van der Waals surface area contributed by atoms with Gasteiger partial charge < -0.3 is 68.7 Å². The molecule has 20 heteroatoms. The molecule has 8 atom stereocenters. The number of carbonyl (C=O) groups excluding carboxylic acids is 6. The van der Waals surface area contributed by atoms with Crippen LogP contribution in [0.3, 0.4) is 0 Å². The van der Waals surface area contributed by atoms with Gasteiger partial charge in [0.2, 0.25) is 23.6 Å². The van der Waals surface area contributed by atoms with Crippen molar-refractivity contribution >= 4 is 47.0 Å². The minimum Gasteiger partial charge on any atom is -0.352 e. The number of benzene rings is 1. The number of likely N-dealkylation sites (tertiary alicyclic amines) is 4. The fraction of sp³-hybridized carbons (Fsp3) is 0.754. The molecule has 1 aromatic heterocycles. The van der Waals surface area contributed by atoms with Crippen molar-refractivity contribution in [2.45, 2.75) is 217 Å². The van der Waals surface area contributed by atoms with Crippen LogP contribution in [-0.4, -0.2) is 157 Å². The number of aryl methyl sites for hydroxylation is 1. The molecule has 3 spiro atoms. The zero-order chi connectivity index (χ0) is 59.6. The average molecular weight is 1190 g/mol. The summed E-state index contributed by atoms with van der Waals surface area (Å²) in [6.45, 7) is 8.49. The Bertz CT molecular complexity index is 2570. The van der Waals surface area contributed by atoms with Crippen LogP contribution in [0.25, 0.3) is 0 Å². The van der Waals surface area contributed by atoms with Crippen LogP contribution in [0, 0.1) is 35.0 Å². The normalized spacial score (nSPS) is 27.1. The highest BCUT2D eigenvalue weighted by molar-refractivity contribution is 7.10. The van der Waals surface area contributed by atoms with Crippen LogP contribution in [0.15, 0.2) is 35.7 Å². The third-order valence-corrected chi connectivity index (χ3v) is 22.7. The number of hydrogen-bond acceptors (Lipinski definition) is 12. The van der Waals surface area contributed by atoms with Crippen LogP contribution in [0.1, 0.15) is 176 Å². The molecular weight excluding hydrogens is 1090 g/mol. The topological polar surface area (TPSA) is 266 Å². The third kappa shape index (κ3) is 15.9. The Labute approximate surface area is 509 Å². The summed E-state index contributed by atoms with van der Waals surface area (Å²) in [6.07, 6.45) is 23.0. The van der Waals surface area contributed by atoms with Gasteiger partial charge in [0, 0.05) is 94.5 Å². The van der Waals surface area contributed by atoms with Crippen molar-refractivity contribution in [2.24, 2.45) is 45.3 Å². The lowest BCUT2D eigenvalue weighted by atomic mass is 9.74. The van der Waals surface area contributed by atoms with E-state index in [1.165, 1.54) is 32.1 Å². The highest BCUT2D eigenvalue weighted by atomic mass is 32.1. The molecule has 2 aromatic rings. The molecule has 4 aliphatic heterocycles. The van der Waals surface area contributed by atoms with E-state index in [9.17, 15) is 28.8 Å². The summed E-state index contributed by atoms with van der Waals surface area (Å²) in [6, 6.07) is 8.59. The van der Waals surface area contributed by atoms with Crippen LogP contribution in [0.5, 0.6) is 0 Å². The van der Waals surface area contributed by atoms with Gasteiger partial charge in [0.05, 0.1) is 30.5 Å². The summed E-state index contributed by atoms with van der Waals surface area (Å²) >= 11 is 1.62. The Balaban J connectivity index is 0.751. The van der Waals surface area contributed by atoms with E-state index in [1.54, 1.807) is 11.3 Å². The number of unbranched alkanes of at least 4 members (excludes halogenated alkanes) is 2. The van der Waals surface area contributed by atoms with Crippen molar-refractivity contribution in [1.29, 1.82) is 0 Å². The van der Waals surface area contributed by atoms with E-state index in [4.69, 9.17) is 17.2 Å². The van der Waals surface area contributed by atoms with Crippen molar-refractivity contribution in [3.05, 3.63) is 57.3 Å². The van der Waals surface area contributed by atoms with Gasteiger partial charge in [-0.05, 0) is 180 Å². The maximum absolute atomic E-state index is 15.0. The molecule has 12 N–H and O–H groups in total. The van der Waals surface area contributed by atoms with Crippen molar-refractivity contribution in [2.75, 3.05) is 65.4 Å². The number of thiophene rings is 1. The minimum atomic E-state index is -0.620. The summed E-state index contributed by atoms with van der Waals surface area (Å²) in [5, 5.41) is 22.7. The second-order valence-corrected chi connectivity index (χ2v) is 28.4. The quantitative estimate of drug-likeness (QED) is 0.0574. The molecule has 19 nitrogen and oxygen atoms in total. The summed E-state index contributed by atoms with van der Waals surface area (Å²) in [5.41, 5.74) is 21.6. The second kappa shape index (κ2) is 29.0. The monoisotopic (exact) mass is 1190 g/mol. The van der Waals surface area contributed by atoms with Gasteiger partial charge in [-0.15, -0.1) is 11.3 Å². The minimum absolute atomic E-state index is 0.0102. The summed E-state index contributed by atoms with van der Waals surface area (Å²) in [7, 11) is 0. The van der Waals surface area contributed by atoms with E-state index in [0.717, 1.165) is 131 Å². The molecule has 2 unspecified atom stereocenters. The first-order valence-electron chi connectivity index (χ1n) is 33.2. The van der Waals surface area contributed by atoms with Gasteiger partial charge in [-0.2, -0.15) is 0 Å². The van der Waals surface area contributed by atoms with E-state index < -0.39 is 30.0 Å². The predicted octanol–water partition coefficient (Wildman–Crippen LogP) is 6.10. The molecule has 0 radical (unpaired) electrons. The molecular formula is C65H103N13O6S. The smallest absolute Gasteiger partial charge is 0.317 e. The molecule has 0 bridgehead atoms. The molecule has 4 aliphatic carbocycles. The molecule has 8 fully saturated rings. The van der Waals surface area contributed by atoms with Gasteiger partial charge in [0.15, 0.2) is 0 Å². The first-order valence-corrected chi connectivity index (χ1v) is 34.1. The highest BCUT2D eigenvalue weighted by Crippen LogP contribution is 2.74. The fourth-order valence-corrected chi connectivity index (χ4v) is 16.8. The number of nitrogens with two attached hydrogens (primary N) is 3. The standard InChI is InChI=1S/C65H103N13O6S/c1-45-36-50(85-43-45)40-70-58(80)52-42-77(59(81)55(13-5-7-28-66)71-48-10-3-2-4-11-48)30-20-54(52)74-62(84)76-34-26-64(27-35-76)44-65(64)21-9-12-49(37-65)72-56(14-6-8-29-67)60(82)78-31-19-53(73-61(83)75-32-24-63(22-23-63)25-33-75)51(41-78)57(79)69-39-47-17-15-46(38-68)16-18-47/h15-18,36,43,48-49,51-56,71-72H,2-14,19-35,37-42,44,66-68H2,1H3,(H,69,79)(H,70,80)(H,73,83)(H,74,84)/t49?,51-,52-,53+,54+,55+,56+,65?/m0/s1. The summed E-state index contributed by atoms with van der Waals surface area (Å²) in [5.74, 6) is -1.49. The molecule has 8 aliphatic rings. The number of hydrogen-bond donors (Lipinski definition) is 9. The van der Waals surface area contributed by atoms with Gasteiger partial charge in [-0.1, -0.05) is 62.8 Å². The lowest BCUT2D eigenvalue weighted by molar-refractivity contribution is -0.140. The molecule has 4 saturated carbocycles. The third-order valence-electron chi connectivity index (χ3n) is 21.7. The molecule has 1 aromatic carbocycles.